The van der Waals surface area contributed by atoms with E-state index in [0.717, 1.165) is 24.5 Å². The van der Waals surface area contributed by atoms with Crippen LogP contribution in [-0.2, 0) is 0 Å². The summed E-state index contributed by atoms with van der Waals surface area (Å²) in [6.45, 7) is 12.4. The summed E-state index contributed by atoms with van der Waals surface area (Å²) in [6.07, 6.45) is 1.05. The molecule has 0 saturated heterocycles. The van der Waals surface area contributed by atoms with Crippen molar-refractivity contribution < 1.29 is 4.74 Å². The van der Waals surface area contributed by atoms with Crippen LogP contribution in [0.4, 0.5) is 0 Å². The SMILES string of the molecule is Cc1ccc(Oc2ccccc2)c([C@H](CCN(C(C)C)C(C)C)c2ccccc2)c1. The van der Waals surface area contributed by atoms with Gasteiger partial charge in [-0.1, -0.05) is 66.2 Å². The Morgan fingerprint density at radius 1 is 0.767 bits per heavy atom. The van der Waals surface area contributed by atoms with Crippen LogP contribution in [0.5, 0.6) is 11.5 Å². The lowest BCUT2D eigenvalue weighted by Gasteiger charge is -2.32. The highest BCUT2D eigenvalue weighted by atomic mass is 16.5. The van der Waals surface area contributed by atoms with Gasteiger partial charge in [-0.05, 0) is 71.3 Å². The van der Waals surface area contributed by atoms with Gasteiger partial charge < -0.3 is 4.74 Å². The van der Waals surface area contributed by atoms with Crippen molar-refractivity contribution >= 4 is 0 Å². The van der Waals surface area contributed by atoms with Crippen molar-refractivity contribution in [3.8, 4) is 11.5 Å². The summed E-state index contributed by atoms with van der Waals surface area (Å²) in [4.78, 5) is 2.57. The first-order chi connectivity index (χ1) is 14.5. The summed E-state index contributed by atoms with van der Waals surface area (Å²) in [5, 5.41) is 0. The van der Waals surface area contributed by atoms with Crippen LogP contribution in [0.15, 0.2) is 78.9 Å². The van der Waals surface area contributed by atoms with Gasteiger partial charge >= 0.3 is 0 Å². The van der Waals surface area contributed by atoms with Gasteiger partial charge in [-0.3, -0.25) is 4.90 Å². The standard InChI is InChI=1S/C28H35NO/c1-21(2)29(22(3)4)19-18-26(24-12-8-6-9-13-24)27-20-23(5)16-17-28(27)30-25-14-10-7-11-15-25/h6-17,20-22,26H,18-19H2,1-5H3/t26-/m1/s1. The first-order valence-corrected chi connectivity index (χ1v) is 11.1. The van der Waals surface area contributed by atoms with Crippen molar-refractivity contribution in [2.45, 2.75) is 59.0 Å². The van der Waals surface area contributed by atoms with E-state index in [1.165, 1.54) is 16.7 Å². The van der Waals surface area contributed by atoms with Crippen molar-refractivity contribution in [3.63, 3.8) is 0 Å². The maximum Gasteiger partial charge on any atom is 0.131 e. The number of hydrogen-bond donors (Lipinski definition) is 0. The summed E-state index contributed by atoms with van der Waals surface area (Å²) < 4.78 is 6.36. The summed E-state index contributed by atoms with van der Waals surface area (Å²) in [6, 6.07) is 28.5. The Kier molecular flexibility index (Phi) is 7.70. The van der Waals surface area contributed by atoms with Gasteiger partial charge in [0.15, 0.2) is 0 Å². The summed E-state index contributed by atoms with van der Waals surface area (Å²) >= 11 is 0. The van der Waals surface area contributed by atoms with Crippen LogP contribution in [0.2, 0.25) is 0 Å². The molecular weight excluding hydrogens is 366 g/mol. The quantitative estimate of drug-likeness (QED) is 0.370. The minimum absolute atomic E-state index is 0.282. The number of para-hydroxylation sites is 1. The lowest BCUT2D eigenvalue weighted by molar-refractivity contribution is 0.170. The van der Waals surface area contributed by atoms with E-state index in [1.54, 1.807) is 0 Å². The summed E-state index contributed by atoms with van der Waals surface area (Å²) in [5.74, 6) is 2.10. The Labute approximate surface area is 182 Å². The molecule has 0 unspecified atom stereocenters. The molecule has 0 saturated carbocycles. The lowest BCUT2D eigenvalue weighted by Crippen LogP contribution is -2.38. The molecule has 0 spiro atoms. The second-order valence-electron chi connectivity index (χ2n) is 8.63. The van der Waals surface area contributed by atoms with Crippen molar-refractivity contribution in [2.75, 3.05) is 6.54 Å². The molecule has 0 radical (unpaired) electrons. The van der Waals surface area contributed by atoms with E-state index >= 15 is 0 Å². The van der Waals surface area contributed by atoms with E-state index < -0.39 is 0 Å². The molecule has 0 aliphatic carbocycles. The van der Waals surface area contributed by atoms with Gasteiger partial charge in [-0.25, -0.2) is 0 Å². The van der Waals surface area contributed by atoms with Gasteiger partial charge in [-0.2, -0.15) is 0 Å². The topological polar surface area (TPSA) is 12.5 Å². The molecule has 0 amide bonds. The smallest absolute Gasteiger partial charge is 0.131 e. The van der Waals surface area contributed by atoms with Gasteiger partial charge in [0.2, 0.25) is 0 Å². The Bertz CT molecular complexity index is 894. The number of aryl methyl sites for hydroxylation is 1. The molecule has 0 aliphatic rings. The Morgan fingerprint density at radius 3 is 1.97 bits per heavy atom. The molecule has 0 heterocycles. The number of hydrogen-bond acceptors (Lipinski definition) is 2. The molecular formula is C28H35NO. The fraction of sp³-hybridized carbons (Fsp3) is 0.357. The molecule has 30 heavy (non-hydrogen) atoms. The molecule has 0 aromatic heterocycles. The molecule has 1 atom stereocenters. The van der Waals surface area contributed by atoms with Crippen molar-refractivity contribution in [3.05, 3.63) is 95.6 Å². The molecule has 0 aliphatic heterocycles. The van der Waals surface area contributed by atoms with Crippen LogP contribution in [0, 0.1) is 6.92 Å². The lowest BCUT2D eigenvalue weighted by atomic mass is 9.86. The van der Waals surface area contributed by atoms with Crippen LogP contribution in [0.3, 0.4) is 0 Å². The van der Waals surface area contributed by atoms with Crippen LogP contribution >= 0.6 is 0 Å². The predicted octanol–water partition coefficient (Wildman–Crippen LogP) is 7.43. The average molecular weight is 402 g/mol. The minimum atomic E-state index is 0.282. The third kappa shape index (κ3) is 5.73. The van der Waals surface area contributed by atoms with Crippen LogP contribution < -0.4 is 4.74 Å². The molecule has 2 heteroatoms. The fourth-order valence-corrected chi connectivity index (χ4v) is 4.23. The van der Waals surface area contributed by atoms with E-state index in [9.17, 15) is 0 Å². The van der Waals surface area contributed by atoms with Crippen LogP contribution in [0.1, 0.15) is 56.7 Å². The zero-order valence-electron chi connectivity index (χ0n) is 19.0. The monoisotopic (exact) mass is 401 g/mol. The minimum Gasteiger partial charge on any atom is -0.457 e. The summed E-state index contributed by atoms with van der Waals surface area (Å²) in [7, 11) is 0. The van der Waals surface area contributed by atoms with E-state index in [-0.39, 0.29) is 5.92 Å². The summed E-state index contributed by atoms with van der Waals surface area (Å²) in [5.41, 5.74) is 3.86. The normalized spacial score (nSPS) is 12.5. The molecule has 3 rings (SSSR count). The van der Waals surface area contributed by atoms with Crippen molar-refractivity contribution in [1.82, 2.24) is 4.90 Å². The average Bonchev–Trinajstić information content (AvgIpc) is 2.73. The molecule has 158 valence electrons. The molecule has 3 aromatic carbocycles. The Hall–Kier alpha value is -2.58. The Morgan fingerprint density at radius 2 is 1.37 bits per heavy atom. The number of rotatable bonds is 9. The Balaban J connectivity index is 1.98. The van der Waals surface area contributed by atoms with Gasteiger partial charge in [0.1, 0.15) is 11.5 Å². The highest BCUT2D eigenvalue weighted by Crippen LogP contribution is 2.37. The largest absolute Gasteiger partial charge is 0.457 e. The van der Waals surface area contributed by atoms with E-state index in [0.29, 0.717) is 12.1 Å². The van der Waals surface area contributed by atoms with Crippen molar-refractivity contribution in [2.24, 2.45) is 0 Å². The maximum absolute atomic E-state index is 6.36. The molecule has 0 fully saturated rings. The van der Waals surface area contributed by atoms with E-state index in [2.05, 4.69) is 88.0 Å². The molecule has 0 bridgehead atoms. The zero-order chi connectivity index (χ0) is 21.5. The van der Waals surface area contributed by atoms with Gasteiger partial charge in [0, 0.05) is 23.6 Å². The first kappa shape index (κ1) is 22.1. The van der Waals surface area contributed by atoms with Crippen LogP contribution in [-0.4, -0.2) is 23.5 Å². The molecule has 0 N–H and O–H groups in total. The second kappa shape index (κ2) is 10.4. The van der Waals surface area contributed by atoms with Crippen LogP contribution in [0.25, 0.3) is 0 Å². The highest BCUT2D eigenvalue weighted by molar-refractivity contribution is 5.46. The number of benzene rings is 3. The molecule has 2 nitrogen and oxygen atoms in total. The zero-order valence-corrected chi connectivity index (χ0v) is 19.0. The van der Waals surface area contributed by atoms with Crippen molar-refractivity contribution in [1.29, 1.82) is 0 Å². The number of nitrogens with zero attached hydrogens (tertiary/aromatic N) is 1. The maximum atomic E-state index is 6.36. The second-order valence-corrected chi connectivity index (χ2v) is 8.63. The fourth-order valence-electron chi connectivity index (χ4n) is 4.23. The first-order valence-electron chi connectivity index (χ1n) is 11.1. The third-order valence-electron chi connectivity index (χ3n) is 5.72. The third-order valence-corrected chi connectivity index (χ3v) is 5.72. The van der Waals surface area contributed by atoms with Gasteiger partial charge in [0.05, 0.1) is 0 Å². The van der Waals surface area contributed by atoms with Gasteiger partial charge in [0.25, 0.3) is 0 Å². The number of ether oxygens (including phenoxy) is 1. The predicted molar refractivity (Wildman–Crippen MR) is 128 cm³/mol. The van der Waals surface area contributed by atoms with Gasteiger partial charge in [-0.15, -0.1) is 0 Å². The highest BCUT2D eigenvalue weighted by Gasteiger charge is 2.22. The van der Waals surface area contributed by atoms with E-state index in [1.807, 2.05) is 30.3 Å². The molecule has 3 aromatic rings. The van der Waals surface area contributed by atoms with E-state index in [4.69, 9.17) is 4.74 Å².